The molecule has 0 saturated carbocycles. The fourth-order valence-corrected chi connectivity index (χ4v) is 3.89. The number of rotatable bonds is 6. The van der Waals surface area contributed by atoms with Gasteiger partial charge in [0.1, 0.15) is 0 Å². The number of imide groups is 1. The van der Waals surface area contributed by atoms with Crippen LogP contribution in [0.5, 0.6) is 0 Å². The lowest BCUT2D eigenvalue weighted by atomic mass is 10.1. The van der Waals surface area contributed by atoms with E-state index in [1.165, 1.54) is 4.90 Å². The van der Waals surface area contributed by atoms with E-state index in [2.05, 4.69) is 18.7 Å². The first-order chi connectivity index (χ1) is 13.0. The first-order valence-corrected chi connectivity index (χ1v) is 10.1. The lowest BCUT2D eigenvalue weighted by Gasteiger charge is -2.20. The monoisotopic (exact) mass is 400 g/mol. The Balaban J connectivity index is 1.74. The predicted molar refractivity (Wildman–Crippen MR) is 113 cm³/mol. The Morgan fingerprint density at radius 2 is 1.63 bits per heavy atom. The highest BCUT2D eigenvalue weighted by molar-refractivity contribution is 8.18. The highest BCUT2D eigenvalue weighted by Gasteiger charge is 2.34. The predicted octanol–water partition coefficient (Wildman–Crippen LogP) is 5.42. The molecule has 0 unspecified atom stereocenters. The number of halogens is 1. The van der Waals surface area contributed by atoms with Gasteiger partial charge in [-0.3, -0.25) is 14.5 Å². The SMILES string of the molecule is CCN(CC)c1ccc(/C=C2\SC(=O)N(Cc3ccc(Cl)cc3)C2=O)cc1. The minimum atomic E-state index is -0.257. The molecule has 2 aromatic rings. The molecule has 1 heterocycles. The zero-order valence-corrected chi connectivity index (χ0v) is 16.9. The second-order valence-electron chi connectivity index (χ2n) is 6.16. The molecule has 0 bridgehead atoms. The number of anilines is 1. The minimum Gasteiger partial charge on any atom is -0.372 e. The van der Waals surface area contributed by atoms with Crippen LogP contribution in [0, 0.1) is 0 Å². The van der Waals surface area contributed by atoms with Gasteiger partial charge in [0, 0.05) is 23.8 Å². The van der Waals surface area contributed by atoms with Crippen molar-refractivity contribution in [3.63, 3.8) is 0 Å². The summed E-state index contributed by atoms with van der Waals surface area (Å²) in [4.78, 5) is 28.9. The van der Waals surface area contributed by atoms with Crippen molar-refractivity contribution in [3.8, 4) is 0 Å². The topological polar surface area (TPSA) is 40.6 Å². The Hall–Kier alpha value is -2.24. The van der Waals surface area contributed by atoms with Crippen molar-refractivity contribution in [3.05, 3.63) is 69.6 Å². The van der Waals surface area contributed by atoms with Crippen LogP contribution in [-0.2, 0) is 11.3 Å². The number of hydrogen-bond acceptors (Lipinski definition) is 4. The quantitative estimate of drug-likeness (QED) is 0.607. The van der Waals surface area contributed by atoms with Crippen LogP contribution in [0.25, 0.3) is 6.08 Å². The van der Waals surface area contributed by atoms with Gasteiger partial charge in [-0.25, -0.2) is 0 Å². The summed E-state index contributed by atoms with van der Waals surface area (Å²) in [6.07, 6.45) is 1.78. The van der Waals surface area contributed by atoms with Gasteiger partial charge in [-0.2, -0.15) is 0 Å². The van der Waals surface area contributed by atoms with Gasteiger partial charge in [0.15, 0.2) is 0 Å². The number of thioether (sulfide) groups is 1. The fourth-order valence-electron chi connectivity index (χ4n) is 2.93. The van der Waals surface area contributed by atoms with Gasteiger partial charge < -0.3 is 4.90 Å². The highest BCUT2D eigenvalue weighted by Crippen LogP contribution is 2.33. The van der Waals surface area contributed by atoms with Crippen LogP contribution in [-0.4, -0.2) is 29.1 Å². The van der Waals surface area contributed by atoms with E-state index in [0.717, 1.165) is 41.7 Å². The van der Waals surface area contributed by atoms with Crippen molar-refractivity contribution in [2.24, 2.45) is 0 Å². The molecule has 3 rings (SSSR count). The van der Waals surface area contributed by atoms with Crippen molar-refractivity contribution >= 4 is 46.3 Å². The number of nitrogens with zero attached hydrogens (tertiary/aromatic N) is 2. The third-order valence-corrected chi connectivity index (χ3v) is 5.61. The number of carbonyl (C=O) groups excluding carboxylic acids is 2. The average Bonchev–Trinajstić information content (AvgIpc) is 2.93. The summed E-state index contributed by atoms with van der Waals surface area (Å²) in [5, 5.41) is 0.377. The molecule has 0 N–H and O–H groups in total. The smallest absolute Gasteiger partial charge is 0.293 e. The highest BCUT2D eigenvalue weighted by atomic mass is 35.5. The molecule has 0 atom stereocenters. The van der Waals surface area contributed by atoms with E-state index in [1.807, 2.05) is 36.4 Å². The van der Waals surface area contributed by atoms with Crippen molar-refractivity contribution in [2.45, 2.75) is 20.4 Å². The van der Waals surface area contributed by atoms with Crippen LogP contribution in [0.3, 0.4) is 0 Å². The van der Waals surface area contributed by atoms with Crippen LogP contribution in [0.1, 0.15) is 25.0 Å². The van der Waals surface area contributed by atoms with E-state index in [4.69, 9.17) is 11.6 Å². The van der Waals surface area contributed by atoms with Gasteiger partial charge in [0.2, 0.25) is 0 Å². The van der Waals surface area contributed by atoms with E-state index in [9.17, 15) is 9.59 Å². The summed E-state index contributed by atoms with van der Waals surface area (Å²) in [7, 11) is 0. The molecular weight excluding hydrogens is 380 g/mol. The summed E-state index contributed by atoms with van der Waals surface area (Å²) < 4.78 is 0. The molecular formula is C21H21ClN2O2S. The second kappa shape index (κ2) is 8.63. The number of amides is 2. The molecule has 1 saturated heterocycles. The van der Waals surface area contributed by atoms with Gasteiger partial charge in [0.25, 0.3) is 11.1 Å². The number of benzene rings is 2. The Morgan fingerprint density at radius 1 is 1.00 bits per heavy atom. The molecule has 0 spiro atoms. The fraction of sp³-hybridized carbons (Fsp3) is 0.238. The average molecular weight is 401 g/mol. The Kier molecular flexibility index (Phi) is 6.24. The molecule has 1 aliphatic rings. The standard InChI is InChI=1S/C21H21ClN2O2S/c1-3-23(4-2)18-11-7-15(8-12-18)13-19-20(25)24(21(26)27-19)14-16-5-9-17(22)10-6-16/h5-13H,3-4,14H2,1-2H3/b19-13-. The molecule has 140 valence electrons. The van der Waals surface area contributed by atoms with Crippen molar-refractivity contribution < 1.29 is 9.59 Å². The summed E-state index contributed by atoms with van der Waals surface area (Å²) in [6, 6.07) is 15.2. The first kappa shape index (κ1) is 19.5. The summed E-state index contributed by atoms with van der Waals surface area (Å²) in [5.74, 6) is -0.257. The Morgan fingerprint density at radius 3 is 2.22 bits per heavy atom. The van der Waals surface area contributed by atoms with E-state index >= 15 is 0 Å². The third-order valence-electron chi connectivity index (χ3n) is 4.45. The summed E-state index contributed by atoms with van der Waals surface area (Å²) in [5.41, 5.74) is 2.92. The van der Waals surface area contributed by atoms with Gasteiger partial charge in [-0.1, -0.05) is 35.9 Å². The Labute approximate surface area is 168 Å². The lowest BCUT2D eigenvalue weighted by Crippen LogP contribution is -2.27. The molecule has 0 radical (unpaired) electrons. The maximum atomic E-state index is 12.6. The molecule has 2 aromatic carbocycles. The van der Waals surface area contributed by atoms with E-state index in [0.29, 0.717) is 9.93 Å². The van der Waals surface area contributed by atoms with Gasteiger partial charge >= 0.3 is 0 Å². The van der Waals surface area contributed by atoms with Crippen LogP contribution in [0.4, 0.5) is 10.5 Å². The normalized spacial score (nSPS) is 15.7. The summed E-state index contributed by atoms with van der Waals surface area (Å²) >= 11 is 6.87. The molecule has 0 aliphatic carbocycles. The van der Waals surface area contributed by atoms with Gasteiger partial charge in [-0.05, 0) is 67.1 Å². The minimum absolute atomic E-state index is 0.249. The molecule has 1 fully saturated rings. The number of carbonyl (C=O) groups is 2. The first-order valence-electron chi connectivity index (χ1n) is 8.86. The third kappa shape index (κ3) is 4.54. The van der Waals surface area contributed by atoms with E-state index in [-0.39, 0.29) is 17.7 Å². The number of hydrogen-bond donors (Lipinski definition) is 0. The van der Waals surface area contributed by atoms with Crippen LogP contribution in [0.2, 0.25) is 5.02 Å². The van der Waals surface area contributed by atoms with Crippen LogP contribution in [0.15, 0.2) is 53.4 Å². The molecule has 4 nitrogen and oxygen atoms in total. The maximum Gasteiger partial charge on any atom is 0.293 e. The summed E-state index contributed by atoms with van der Waals surface area (Å²) in [6.45, 7) is 6.38. The zero-order valence-electron chi connectivity index (χ0n) is 15.3. The molecule has 1 aliphatic heterocycles. The lowest BCUT2D eigenvalue weighted by molar-refractivity contribution is -0.123. The molecule has 27 heavy (non-hydrogen) atoms. The second-order valence-corrected chi connectivity index (χ2v) is 7.59. The van der Waals surface area contributed by atoms with Crippen molar-refractivity contribution in [1.82, 2.24) is 4.90 Å². The van der Waals surface area contributed by atoms with Crippen LogP contribution >= 0.6 is 23.4 Å². The Bertz CT molecular complexity index is 859. The zero-order chi connectivity index (χ0) is 19.4. The maximum absolute atomic E-state index is 12.6. The molecule has 0 aromatic heterocycles. The molecule has 6 heteroatoms. The van der Waals surface area contributed by atoms with E-state index < -0.39 is 0 Å². The van der Waals surface area contributed by atoms with Gasteiger partial charge in [-0.15, -0.1) is 0 Å². The van der Waals surface area contributed by atoms with Gasteiger partial charge in [0.05, 0.1) is 11.4 Å². The van der Waals surface area contributed by atoms with Crippen molar-refractivity contribution in [2.75, 3.05) is 18.0 Å². The largest absolute Gasteiger partial charge is 0.372 e. The molecule has 2 amide bonds. The van der Waals surface area contributed by atoms with E-state index in [1.54, 1.807) is 18.2 Å². The van der Waals surface area contributed by atoms with Crippen molar-refractivity contribution in [1.29, 1.82) is 0 Å². The van der Waals surface area contributed by atoms with Crippen LogP contribution < -0.4 is 4.90 Å².